The molecule has 0 aliphatic carbocycles. The van der Waals surface area contributed by atoms with Crippen molar-refractivity contribution in [1.29, 1.82) is 0 Å². The maximum Gasteiger partial charge on any atom is 0.252 e. The number of pyridine rings is 1. The summed E-state index contributed by atoms with van der Waals surface area (Å²) in [4.78, 5) is 16.8. The third-order valence-corrected chi connectivity index (χ3v) is 4.21. The molecule has 0 fully saturated rings. The monoisotopic (exact) mass is 341 g/mol. The molecule has 6 heteroatoms. The van der Waals surface area contributed by atoms with Gasteiger partial charge < -0.3 is 9.84 Å². The molecular weight excluding hydrogens is 321 g/mol. The fourth-order valence-electron chi connectivity index (χ4n) is 2.94. The number of nitrogens with zero attached hydrogens (tertiary/aromatic N) is 2. The lowest BCUT2D eigenvalue weighted by Crippen LogP contribution is -2.25. The first-order valence-electron chi connectivity index (χ1n) is 8.22. The molecule has 0 radical (unpaired) electrons. The largest absolute Gasteiger partial charge is 0.361 e. The lowest BCUT2D eigenvalue weighted by atomic mass is 10.1. The second kappa shape index (κ2) is 7.01. The lowest BCUT2D eigenvalue weighted by molar-refractivity contribution is 0.0954. The Kier molecular flexibility index (Phi) is 4.79. The van der Waals surface area contributed by atoms with Crippen LogP contribution in [0.3, 0.4) is 0 Å². The molecule has 130 valence electrons. The first-order valence-corrected chi connectivity index (χ1v) is 8.22. The van der Waals surface area contributed by atoms with Gasteiger partial charge in [-0.3, -0.25) is 9.78 Å². The highest BCUT2D eigenvalue weighted by Crippen LogP contribution is 2.20. The minimum atomic E-state index is -0.364. The van der Waals surface area contributed by atoms with E-state index in [4.69, 9.17) is 4.52 Å². The quantitative estimate of drug-likeness (QED) is 0.719. The van der Waals surface area contributed by atoms with Gasteiger partial charge in [-0.05, 0) is 51.8 Å². The van der Waals surface area contributed by atoms with Crippen LogP contribution in [0.4, 0.5) is 4.39 Å². The molecule has 0 atom stereocenters. The van der Waals surface area contributed by atoms with Gasteiger partial charge in [-0.2, -0.15) is 0 Å². The van der Waals surface area contributed by atoms with Crippen molar-refractivity contribution in [3.63, 3.8) is 0 Å². The Morgan fingerprint density at radius 3 is 2.76 bits per heavy atom. The van der Waals surface area contributed by atoms with Crippen LogP contribution in [0.1, 0.15) is 39.5 Å². The molecule has 5 nitrogen and oxygen atoms in total. The molecule has 0 aliphatic rings. The molecule has 0 unspecified atom stereocenters. The smallest absolute Gasteiger partial charge is 0.252 e. The molecular formula is C19H20FN3O2. The van der Waals surface area contributed by atoms with Crippen molar-refractivity contribution < 1.29 is 13.7 Å². The number of halogens is 1. The molecule has 2 aromatic heterocycles. The van der Waals surface area contributed by atoms with Crippen LogP contribution in [0.5, 0.6) is 0 Å². The molecule has 3 aromatic rings. The van der Waals surface area contributed by atoms with E-state index in [1.54, 1.807) is 19.1 Å². The molecule has 1 amide bonds. The average molecular weight is 341 g/mol. The highest BCUT2D eigenvalue weighted by molar-refractivity contribution is 6.06. The number of nitrogens with one attached hydrogen (secondary N) is 1. The van der Waals surface area contributed by atoms with Crippen LogP contribution in [0.15, 0.2) is 28.8 Å². The van der Waals surface area contributed by atoms with Crippen molar-refractivity contribution in [3.8, 4) is 0 Å². The van der Waals surface area contributed by atoms with E-state index in [2.05, 4.69) is 15.5 Å². The standard InChI is InChI=1S/C19H20FN3O2/c1-11-9-17(16-7-6-14(20)10-18(16)22-11)19(24)21-8-4-5-15-12(2)23-25-13(15)3/h6-7,9-10H,4-5,8H2,1-3H3,(H,21,24). The van der Waals surface area contributed by atoms with Crippen LogP contribution in [0, 0.1) is 26.6 Å². The third kappa shape index (κ3) is 3.68. The number of carbonyl (C=O) groups excluding carboxylic acids is 1. The Morgan fingerprint density at radius 2 is 2.04 bits per heavy atom. The average Bonchev–Trinajstić information content (AvgIpc) is 2.88. The maximum absolute atomic E-state index is 13.4. The molecule has 3 rings (SSSR count). The lowest BCUT2D eigenvalue weighted by Gasteiger charge is -2.09. The molecule has 0 saturated heterocycles. The van der Waals surface area contributed by atoms with Crippen molar-refractivity contribution in [2.24, 2.45) is 0 Å². The van der Waals surface area contributed by atoms with Crippen LogP contribution in [-0.2, 0) is 6.42 Å². The van der Waals surface area contributed by atoms with E-state index < -0.39 is 0 Å². The highest BCUT2D eigenvalue weighted by atomic mass is 19.1. The number of hydrogen-bond acceptors (Lipinski definition) is 4. The maximum atomic E-state index is 13.4. The first-order chi connectivity index (χ1) is 12.0. The van der Waals surface area contributed by atoms with Crippen LogP contribution in [0.2, 0.25) is 0 Å². The van der Waals surface area contributed by atoms with Gasteiger partial charge in [0, 0.05) is 29.3 Å². The predicted molar refractivity (Wildman–Crippen MR) is 93.1 cm³/mol. The molecule has 2 heterocycles. The van der Waals surface area contributed by atoms with Crippen molar-refractivity contribution in [3.05, 3.63) is 58.4 Å². The van der Waals surface area contributed by atoms with Gasteiger partial charge in [0.15, 0.2) is 0 Å². The minimum absolute atomic E-state index is 0.180. The normalized spacial score (nSPS) is 11.0. The van der Waals surface area contributed by atoms with Gasteiger partial charge in [0.25, 0.3) is 5.91 Å². The minimum Gasteiger partial charge on any atom is -0.361 e. The summed E-state index contributed by atoms with van der Waals surface area (Å²) in [6.45, 7) is 6.12. The van der Waals surface area contributed by atoms with Crippen LogP contribution >= 0.6 is 0 Å². The number of benzene rings is 1. The summed E-state index contributed by atoms with van der Waals surface area (Å²) in [7, 11) is 0. The topological polar surface area (TPSA) is 68.0 Å². The third-order valence-electron chi connectivity index (χ3n) is 4.21. The molecule has 0 aliphatic heterocycles. The van der Waals surface area contributed by atoms with Crippen LogP contribution in [0.25, 0.3) is 10.9 Å². The molecule has 0 saturated carbocycles. The molecule has 1 N–H and O–H groups in total. The summed E-state index contributed by atoms with van der Waals surface area (Å²) in [5, 5.41) is 7.50. The summed E-state index contributed by atoms with van der Waals surface area (Å²) in [5.74, 6) is 0.277. The van der Waals surface area contributed by atoms with E-state index in [9.17, 15) is 9.18 Å². The number of hydrogen-bond donors (Lipinski definition) is 1. The fourth-order valence-corrected chi connectivity index (χ4v) is 2.94. The SMILES string of the molecule is Cc1cc(C(=O)NCCCc2c(C)noc2C)c2ccc(F)cc2n1. The summed E-state index contributed by atoms with van der Waals surface area (Å²) in [5.41, 5.74) is 3.66. The predicted octanol–water partition coefficient (Wildman–Crippen LogP) is 3.65. The number of amides is 1. The van der Waals surface area contributed by atoms with E-state index in [-0.39, 0.29) is 11.7 Å². The van der Waals surface area contributed by atoms with Gasteiger partial charge in [0.2, 0.25) is 0 Å². The second-order valence-corrected chi connectivity index (χ2v) is 6.13. The number of aryl methyl sites for hydroxylation is 3. The zero-order chi connectivity index (χ0) is 18.0. The molecule has 25 heavy (non-hydrogen) atoms. The summed E-state index contributed by atoms with van der Waals surface area (Å²) in [6, 6.07) is 6.00. The Bertz CT molecular complexity index is 909. The van der Waals surface area contributed by atoms with Gasteiger partial charge in [0.1, 0.15) is 11.6 Å². The Labute approximate surface area is 145 Å². The Hall–Kier alpha value is -2.76. The summed E-state index contributed by atoms with van der Waals surface area (Å²) < 4.78 is 18.5. The van der Waals surface area contributed by atoms with E-state index in [1.807, 2.05) is 13.8 Å². The number of carbonyl (C=O) groups is 1. The second-order valence-electron chi connectivity index (χ2n) is 6.13. The van der Waals surface area contributed by atoms with E-state index >= 15 is 0 Å². The van der Waals surface area contributed by atoms with Crippen molar-refractivity contribution in [2.45, 2.75) is 33.6 Å². The first kappa shape index (κ1) is 17.1. The van der Waals surface area contributed by atoms with Crippen LogP contribution in [-0.4, -0.2) is 22.6 Å². The van der Waals surface area contributed by atoms with E-state index in [0.717, 1.165) is 29.9 Å². The van der Waals surface area contributed by atoms with E-state index in [0.29, 0.717) is 28.7 Å². The van der Waals surface area contributed by atoms with Gasteiger partial charge >= 0.3 is 0 Å². The zero-order valence-corrected chi connectivity index (χ0v) is 14.5. The highest BCUT2D eigenvalue weighted by Gasteiger charge is 2.13. The van der Waals surface area contributed by atoms with E-state index in [1.165, 1.54) is 12.1 Å². The number of fused-ring (bicyclic) bond motifs is 1. The van der Waals surface area contributed by atoms with Crippen molar-refractivity contribution in [1.82, 2.24) is 15.5 Å². The fraction of sp³-hybridized carbons (Fsp3) is 0.316. The van der Waals surface area contributed by atoms with Gasteiger partial charge in [-0.25, -0.2) is 4.39 Å². The van der Waals surface area contributed by atoms with Crippen molar-refractivity contribution >= 4 is 16.8 Å². The molecule has 0 spiro atoms. The summed E-state index contributed by atoms with van der Waals surface area (Å²) in [6.07, 6.45) is 1.58. The van der Waals surface area contributed by atoms with Gasteiger partial charge in [0.05, 0.1) is 16.8 Å². The Morgan fingerprint density at radius 1 is 1.24 bits per heavy atom. The molecule has 1 aromatic carbocycles. The zero-order valence-electron chi connectivity index (χ0n) is 14.5. The Balaban J connectivity index is 1.68. The number of aromatic nitrogens is 2. The van der Waals surface area contributed by atoms with Gasteiger partial charge in [-0.15, -0.1) is 0 Å². The van der Waals surface area contributed by atoms with Crippen LogP contribution < -0.4 is 5.32 Å². The molecule has 0 bridgehead atoms. The van der Waals surface area contributed by atoms with Gasteiger partial charge in [-0.1, -0.05) is 5.16 Å². The van der Waals surface area contributed by atoms with Crippen molar-refractivity contribution in [2.75, 3.05) is 6.54 Å². The summed E-state index contributed by atoms with van der Waals surface area (Å²) >= 11 is 0. The number of rotatable bonds is 5.